The van der Waals surface area contributed by atoms with Gasteiger partial charge in [-0.1, -0.05) is 60.8 Å². The fraction of sp³-hybridized carbons (Fsp3) is 0.462. The van der Waals surface area contributed by atoms with E-state index in [-0.39, 0.29) is 29.5 Å². The number of sulfonamides is 1. The number of carbonyl (C=O) groups excluding carboxylic acids is 1. The van der Waals surface area contributed by atoms with Crippen LogP contribution in [-0.4, -0.2) is 32.2 Å². The number of nitrogens with zero attached hydrogens (tertiary/aromatic N) is 2. The minimum absolute atomic E-state index is 0.0578. The van der Waals surface area contributed by atoms with Crippen LogP contribution in [0.25, 0.3) is 0 Å². The highest BCUT2D eigenvalue weighted by Gasteiger charge is 2.63. The minimum Gasteiger partial charge on any atom is -0.299 e. The second kappa shape index (κ2) is 9.28. The van der Waals surface area contributed by atoms with E-state index < -0.39 is 15.4 Å². The van der Waals surface area contributed by atoms with Crippen LogP contribution in [0, 0.1) is 16.7 Å². The van der Waals surface area contributed by atoms with Crippen molar-refractivity contribution in [3.8, 4) is 0 Å². The van der Waals surface area contributed by atoms with Gasteiger partial charge < -0.3 is 0 Å². The van der Waals surface area contributed by atoms with Gasteiger partial charge in [0, 0.05) is 28.3 Å². The Bertz CT molecular complexity index is 1340. The lowest BCUT2D eigenvalue weighted by Crippen LogP contribution is -2.48. The number of fused-ring (bicyclic) bond motifs is 2. The molecule has 0 aromatic heterocycles. The second-order valence-electron chi connectivity index (χ2n) is 10.8. The first-order valence-electron chi connectivity index (χ1n) is 12.0. The van der Waals surface area contributed by atoms with Gasteiger partial charge in [-0.15, -0.1) is 0 Å². The van der Waals surface area contributed by atoms with E-state index in [1.54, 1.807) is 23.2 Å². The molecule has 2 aromatic rings. The molecular formula is C26H28Cl3N3O3S. The number of nitrogens with one attached hydrogen (secondary N) is 1. The number of hydrazone groups is 1. The Morgan fingerprint density at radius 3 is 2.36 bits per heavy atom. The van der Waals surface area contributed by atoms with E-state index in [0.717, 1.165) is 12.0 Å². The molecule has 0 amide bonds. The Kier molecular flexibility index (Phi) is 6.70. The quantitative estimate of drug-likeness (QED) is 0.427. The van der Waals surface area contributed by atoms with Crippen LogP contribution in [-0.2, 0) is 14.8 Å². The highest BCUT2D eigenvalue weighted by atomic mass is 35.5. The summed E-state index contributed by atoms with van der Waals surface area (Å²) in [5.74, 6) is 0.196. The average molecular weight is 569 g/mol. The van der Waals surface area contributed by atoms with Crippen molar-refractivity contribution in [3.05, 3.63) is 63.1 Å². The fourth-order valence-corrected chi connectivity index (χ4v) is 8.70. The molecule has 0 spiro atoms. The number of anilines is 1. The van der Waals surface area contributed by atoms with Crippen LogP contribution in [0.2, 0.25) is 15.1 Å². The zero-order valence-electron chi connectivity index (χ0n) is 20.1. The third kappa shape index (κ3) is 4.69. The van der Waals surface area contributed by atoms with Gasteiger partial charge >= 0.3 is 0 Å². The molecule has 192 valence electrons. The van der Waals surface area contributed by atoms with Crippen molar-refractivity contribution in [2.45, 2.75) is 45.6 Å². The van der Waals surface area contributed by atoms with Gasteiger partial charge in [-0.2, -0.15) is 5.10 Å². The molecule has 6 nitrogen and oxygen atoms in total. The average Bonchev–Trinajstić information content (AvgIpc) is 3.41. The fourth-order valence-electron chi connectivity index (χ4n) is 6.27. The van der Waals surface area contributed by atoms with E-state index in [0.29, 0.717) is 51.6 Å². The molecule has 2 aromatic carbocycles. The van der Waals surface area contributed by atoms with E-state index in [2.05, 4.69) is 4.72 Å². The third-order valence-corrected chi connectivity index (χ3v) is 10.3. The molecule has 2 aliphatic carbocycles. The Labute approximate surface area is 227 Å². The van der Waals surface area contributed by atoms with Gasteiger partial charge in [-0.25, -0.2) is 13.1 Å². The first-order valence-corrected chi connectivity index (χ1v) is 14.7. The van der Waals surface area contributed by atoms with Crippen molar-refractivity contribution >= 4 is 62.0 Å². The molecule has 1 aliphatic heterocycles. The van der Waals surface area contributed by atoms with E-state index >= 15 is 0 Å². The van der Waals surface area contributed by atoms with Crippen molar-refractivity contribution in [1.82, 2.24) is 4.72 Å². The summed E-state index contributed by atoms with van der Waals surface area (Å²) < 4.78 is 29.1. The summed E-state index contributed by atoms with van der Waals surface area (Å²) in [7, 11) is -3.72. The van der Waals surface area contributed by atoms with Crippen LogP contribution < -0.4 is 9.73 Å². The van der Waals surface area contributed by atoms with Gasteiger partial charge in [0.25, 0.3) is 0 Å². The lowest BCUT2D eigenvalue weighted by molar-refractivity contribution is -0.131. The SMILES string of the molecule is CC1(C)CC2CC(=O)C1(CS(=O)(=O)NCC1=NN(c3ccc(Cl)cc3Cl)C(c3ccc(Cl)cc3)C1)C2. The normalized spacial score (nSPS) is 27.1. The number of carbonyl (C=O) groups is 1. The number of Topliss-reactive ketones (excluding diaryl/α,β-unsaturated/α-hetero) is 1. The van der Waals surface area contributed by atoms with Crippen LogP contribution in [0.5, 0.6) is 0 Å². The molecule has 36 heavy (non-hydrogen) atoms. The molecule has 2 bridgehead atoms. The van der Waals surface area contributed by atoms with E-state index in [9.17, 15) is 13.2 Å². The van der Waals surface area contributed by atoms with Crippen molar-refractivity contribution < 1.29 is 13.2 Å². The zero-order chi connectivity index (χ0) is 25.9. The predicted molar refractivity (Wildman–Crippen MR) is 146 cm³/mol. The van der Waals surface area contributed by atoms with Gasteiger partial charge in [0.1, 0.15) is 5.78 Å². The first kappa shape index (κ1) is 26.0. The first-order chi connectivity index (χ1) is 16.9. The predicted octanol–water partition coefficient (Wildman–Crippen LogP) is 6.27. The topological polar surface area (TPSA) is 78.8 Å². The van der Waals surface area contributed by atoms with Crippen molar-refractivity contribution in [1.29, 1.82) is 0 Å². The van der Waals surface area contributed by atoms with Crippen LogP contribution >= 0.6 is 34.8 Å². The van der Waals surface area contributed by atoms with Crippen molar-refractivity contribution in [2.24, 2.45) is 21.8 Å². The molecule has 10 heteroatoms. The highest BCUT2D eigenvalue weighted by molar-refractivity contribution is 7.89. The maximum Gasteiger partial charge on any atom is 0.212 e. The number of benzene rings is 2. The van der Waals surface area contributed by atoms with Crippen LogP contribution in [0.15, 0.2) is 47.6 Å². The maximum atomic E-state index is 13.2. The second-order valence-corrected chi connectivity index (χ2v) is 13.9. The van der Waals surface area contributed by atoms with Crippen LogP contribution in [0.1, 0.15) is 51.1 Å². The van der Waals surface area contributed by atoms with E-state index in [1.165, 1.54) is 0 Å². The Hall–Kier alpha value is -1.64. The molecule has 3 unspecified atom stereocenters. The monoisotopic (exact) mass is 567 g/mol. The maximum absolute atomic E-state index is 13.2. The van der Waals surface area contributed by atoms with Crippen LogP contribution in [0.3, 0.4) is 0 Å². The highest BCUT2D eigenvalue weighted by Crippen LogP contribution is 2.62. The smallest absolute Gasteiger partial charge is 0.212 e. The standard InChI is InChI=1S/C26H28Cl3N3O3S/c1-25(2)12-16-9-24(33)26(25,13-16)15-36(34,35)30-14-20-11-23(17-3-5-18(27)6-4-17)32(31-20)22-8-7-19(28)10-21(22)29/h3-8,10,16,23,30H,9,11-15H2,1-2H3. The Morgan fingerprint density at radius 1 is 1.03 bits per heavy atom. The van der Waals surface area contributed by atoms with Gasteiger partial charge in [0.2, 0.25) is 10.0 Å². The zero-order valence-corrected chi connectivity index (χ0v) is 23.2. The lowest BCUT2D eigenvalue weighted by Gasteiger charge is -2.40. The summed E-state index contributed by atoms with van der Waals surface area (Å²) in [6, 6.07) is 12.5. The molecule has 1 N–H and O–H groups in total. The van der Waals surface area contributed by atoms with Crippen molar-refractivity contribution in [2.75, 3.05) is 17.3 Å². The minimum atomic E-state index is -3.72. The summed E-state index contributed by atoms with van der Waals surface area (Å²) in [5.41, 5.74) is 1.18. The molecule has 5 rings (SSSR count). The molecule has 0 radical (unpaired) electrons. The van der Waals surface area contributed by atoms with Gasteiger partial charge in [0.15, 0.2) is 0 Å². The lowest BCUT2D eigenvalue weighted by atomic mass is 9.65. The summed E-state index contributed by atoms with van der Waals surface area (Å²) in [5, 5.41) is 8.14. The molecule has 1 heterocycles. The third-order valence-electron chi connectivity index (χ3n) is 8.06. The van der Waals surface area contributed by atoms with Gasteiger partial charge in [0.05, 0.1) is 34.8 Å². The number of halogens is 3. The number of hydrogen-bond acceptors (Lipinski definition) is 5. The summed E-state index contributed by atoms with van der Waals surface area (Å²) in [4.78, 5) is 12.8. The molecule has 2 fully saturated rings. The number of rotatable bonds is 7. The number of hydrogen-bond donors (Lipinski definition) is 1. The molecule has 2 saturated carbocycles. The molecular weight excluding hydrogens is 541 g/mol. The summed E-state index contributed by atoms with van der Waals surface area (Å²) >= 11 is 18.7. The largest absolute Gasteiger partial charge is 0.299 e. The van der Waals surface area contributed by atoms with Crippen molar-refractivity contribution in [3.63, 3.8) is 0 Å². The summed E-state index contributed by atoms with van der Waals surface area (Å²) in [6.07, 6.45) is 2.54. The number of ketones is 1. The van der Waals surface area contributed by atoms with Gasteiger partial charge in [-0.05, 0) is 60.1 Å². The molecule has 0 saturated heterocycles. The van der Waals surface area contributed by atoms with Gasteiger partial charge in [-0.3, -0.25) is 9.80 Å². The van der Waals surface area contributed by atoms with E-state index in [1.807, 2.05) is 38.1 Å². The molecule has 3 aliphatic rings. The van der Waals surface area contributed by atoms with E-state index in [4.69, 9.17) is 39.9 Å². The Morgan fingerprint density at radius 2 is 1.72 bits per heavy atom. The Balaban J connectivity index is 1.37. The summed E-state index contributed by atoms with van der Waals surface area (Å²) in [6.45, 7) is 4.10. The van der Waals surface area contributed by atoms with Crippen LogP contribution in [0.4, 0.5) is 5.69 Å². The molecule has 3 atom stereocenters.